The van der Waals surface area contributed by atoms with Gasteiger partial charge in [-0.3, -0.25) is 0 Å². The molecule has 0 fully saturated rings. The highest BCUT2D eigenvalue weighted by atomic mass is 16.5. The number of carbonyl (C=O) groups excluding carboxylic acids is 1. The lowest BCUT2D eigenvalue weighted by molar-refractivity contribution is -0.146. The van der Waals surface area contributed by atoms with Crippen LogP contribution in [0.2, 0.25) is 0 Å². The van der Waals surface area contributed by atoms with Crippen LogP contribution in [-0.2, 0) is 14.3 Å². The molecule has 20 heavy (non-hydrogen) atoms. The maximum Gasteiger partial charge on any atom is 0.335 e. The first kappa shape index (κ1) is 12.7. The van der Waals surface area contributed by atoms with Crippen LogP contribution in [0.4, 0.5) is 0 Å². The molecule has 1 aliphatic rings. The van der Waals surface area contributed by atoms with Crippen LogP contribution in [-0.4, -0.2) is 25.0 Å². The van der Waals surface area contributed by atoms with Crippen molar-refractivity contribution in [1.82, 2.24) is 0 Å². The Hall–Kier alpha value is -2.30. The molecule has 1 aromatic heterocycles. The zero-order valence-corrected chi connectivity index (χ0v) is 11.3. The molecule has 0 radical (unpaired) electrons. The summed E-state index contributed by atoms with van der Waals surface area (Å²) in [5, 5.41) is 0.940. The van der Waals surface area contributed by atoms with Crippen LogP contribution in [0.1, 0.15) is 24.4 Å². The summed E-state index contributed by atoms with van der Waals surface area (Å²) in [5.74, 6) is 0.354. The Kier molecular flexibility index (Phi) is 3.18. The molecular weight excluding hydrogens is 258 g/mol. The maximum atomic E-state index is 12.0. The monoisotopic (exact) mass is 273 g/mol. The minimum atomic E-state index is -0.672. The molecule has 1 aliphatic heterocycles. The van der Waals surface area contributed by atoms with Gasteiger partial charge < -0.3 is 13.9 Å². The zero-order valence-electron chi connectivity index (χ0n) is 11.3. The lowest BCUT2D eigenvalue weighted by Gasteiger charge is -2.15. The Morgan fingerprint density at radius 3 is 3.00 bits per heavy atom. The van der Waals surface area contributed by atoms with E-state index in [9.17, 15) is 4.79 Å². The molecule has 2 atom stereocenters. The third kappa shape index (κ3) is 1.95. The molecule has 0 aliphatic carbocycles. The number of aliphatic imine (C=N–C) groups is 1. The number of hydrogen-bond donors (Lipinski definition) is 0. The summed E-state index contributed by atoms with van der Waals surface area (Å²) in [6.45, 7) is 3.95. The van der Waals surface area contributed by atoms with Gasteiger partial charge >= 0.3 is 5.97 Å². The number of para-hydroxylation sites is 1. The van der Waals surface area contributed by atoms with Crippen LogP contribution < -0.4 is 0 Å². The van der Waals surface area contributed by atoms with Crippen LogP contribution in [0.25, 0.3) is 11.0 Å². The van der Waals surface area contributed by atoms with E-state index in [0.29, 0.717) is 6.61 Å². The van der Waals surface area contributed by atoms with Crippen LogP contribution in [0, 0.1) is 6.92 Å². The lowest BCUT2D eigenvalue weighted by Crippen LogP contribution is -2.26. The molecular formula is C15H15NO4. The molecule has 5 heteroatoms. The van der Waals surface area contributed by atoms with Gasteiger partial charge in [0.25, 0.3) is 0 Å². The number of nitrogens with zero attached hydrogens (tertiary/aromatic N) is 1. The van der Waals surface area contributed by atoms with E-state index in [-0.39, 0.29) is 5.97 Å². The van der Waals surface area contributed by atoms with E-state index in [1.54, 1.807) is 6.92 Å². The number of fused-ring (bicyclic) bond motifs is 1. The zero-order chi connectivity index (χ0) is 14.1. The van der Waals surface area contributed by atoms with Gasteiger partial charge in [0.2, 0.25) is 0 Å². The topological polar surface area (TPSA) is 61.0 Å². The number of ether oxygens (including phenoxy) is 2. The predicted molar refractivity (Wildman–Crippen MR) is 73.7 cm³/mol. The second-order valence-electron chi connectivity index (χ2n) is 4.58. The van der Waals surface area contributed by atoms with Crippen molar-refractivity contribution in [3.8, 4) is 0 Å². The molecule has 0 spiro atoms. The van der Waals surface area contributed by atoms with Gasteiger partial charge in [0.05, 0.1) is 6.61 Å². The Morgan fingerprint density at radius 2 is 2.20 bits per heavy atom. The fraction of sp³-hybridized carbons (Fsp3) is 0.333. The van der Waals surface area contributed by atoms with Gasteiger partial charge in [0.15, 0.2) is 18.5 Å². The second kappa shape index (κ2) is 5.00. The first-order valence-corrected chi connectivity index (χ1v) is 6.54. The molecule has 0 N–H and O–H groups in total. The molecule has 3 rings (SSSR count). The highest BCUT2D eigenvalue weighted by molar-refractivity contribution is 5.86. The van der Waals surface area contributed by atoms with E-state index in [0.717, 1.165) is 22.3 Å². The van der Waals surface area contributed by atoms with Crippen molar-refractivity contribution in [2.75, 3.05) is 6.61 Å². The smallest absolute Gasteiger partial charge is 0.335 e. The minimum absolute atomic E-state index is 0.322. The van der Waals surface area contributed by atoms with Gasteiger partial charge in [-0.25, -0.2) is 9.79 Å². The molecule has 2 heterocycles. The summed E-state index contributed by atoms with van der Waals surface area (Å²) >= 11 is 0. The van der Waals surface area contributed by atoms with Gasteiger partial charge in [-0.15, -0.1) is 0 Å². The standard InChI is InChI=1S/C15H15NO4/c1-3-18-15(17)13-14(19-8-16-13)12-9(2)20-11-7-5-4-6-10(11)12/h4-8,13-14H,3H2,1-2H3. The maximum absolute atomic E-state index is 12.0. The normalized spacial score (nSPS) is 21.1. The van der Waals surface area contributed by atoms with Crippen molar-refractivity contribution < 1.29 is 18.7 Å². The fourth-order valence-electron chi connectivity index (χ4n) is 2.50. The van der Waals surface area contributed by atoms with Crippen LogP contribution >= 0.6 is 0 Å². The van der Waals surface area contributed by atoms with Gasteiger partial charge in [0.1, 0.15) is 11.3 Å². The highest BCUT2D eigenvalue weighted by Crippen LogP contribution is 2.36. The average molecular weight is 273 g/mol. The van der Waals surface area contributed by atoms with E-state index in [2.05, 4.69) is 4.99 Å². The SMILES string of the molecule is CCOC(=O)C1N=COC1c1c(C)oc2ccccc12. The number of carbonyl (C=O) groups is 1. The Morgan fingerprint density at radius 1 is 1.40 bits per heavy atom. The number of esters is 1. The molecule has 0 amide bonds. The second-order valence-corrected chi connectivity index (χ2v) is 4.58. The Bertz CT molecular complexity index is 674. The fourth-order valence-corrected chi connectivity index (χ4v) is 2.50. The lowest BCUT2D eigenvalue weighted by atomic mass is 10.00. The number of aryl methyl sites for hydroxylation is 1. The van der Waals surface area contributed by atoms with Gasteiger partial charge in [0, 0.05) is 10.9 Å². The minimum Gasteiger partial charge on any atom is -0.473 e. The van der Waals surface area contributed by atoms with Gasteiger partial charge in [-0.1, -0.05) is 18.2 Å². The highest BCUT2D eigenvalue weighted by Gasteiger charge is 2.38. The molecule has 0 saturated carbocycles. The number of benzene rings is 1. The number of furan rings is 1. The van der Waals surface area contributed by atoms with E-state index < -0.39 is 12.1 Å². The summed E-state index contributed by atoms with van der Waals surface area (Å²) in [4.78, 5) is 16.0. The van der Waals surface area contributed by atoms with Crippen LogP contribution in [0.3, 0.4) is 0 Å². The van der Waals surface area contributed by atoms with E-state index in [4.69, 9.17) is 13.9 Å². The quantitative estimate of drug-likeness (QED) is 0.807. The van der Waals surface area contributed by atoms with Crippen LogP contribution in [0.15, 0.2) is 33.7 Å². The molecule has 5 nitrogen and oxygen atoms in total. The van der Waals surface area contributed by atoms with E-state index in [1.165, 1.54) is 6.40 Å². The first-order chi connectivity index (χ1) is 9.72. The molecule has 0 saturated heterocycles. The van der Waals surface area contributed by atoms with Crippen molar-refractivity contribution in [3.63, 3.8) is 0 Å². The molecule has 104 valence electrons. The van der Waals surface area contributed by atoms with Gasteiger partial charge in [-0.2, -0.15) is 0 Å². The van der Waals surface area contributed by atoms with Crippen molar-refractivity contribution in [1.29, 1.82) is 0 Å². The molecule has 1 aromatic carbocycles. The Labute approximate surface area is 116 Å². The van der Waals surface area contributed by atoms with Crippen molar-refractivity contribution >= 4 is 23.3 Å². The van der Waals surface area contributed by atoms with E-state index >= 15 is 0 Å². The Balaban J connectivity index is 2.02. The van der Waals surface area contributed by atoms with Crippen molar-refractivity contribution in [2.45, 2.75) is 26.0 Å². The first-order valence-electron chi connectivity index (χ1n) is 6.54. The largest absolute Gasteiger partial charge is 0.473 e. The molecule has 2 unspecified atom stereocenters. The summed E-state index contributed by atoms with van der Waals surface area (Å²) in [6.07, 6.45) is 0.825. The molecule has 2 aromatic rings. The molecule has 0 bridgehead atoms. The summed E-state index contributed by atoms with van der Waals surface area (Å²) in [6, 6.07) is 7.00. The van der Waals surface area contributed by atoms with Crippen LogP contribution in [0.5, 0.6) is 0 Å². The van der Waals surface area contributed by atoms with Crippen molar-refractivity contribution in [2.24, 2.45) is 4.99 Å². The summed E-state index contributed by atoms with van der Waals surface area (Å²) in [7, 11) is 0. The third-order valence-corrected chi connectivity index (χ3v) is 3.35. The van der Waals surface area contributed by atoms with Crippen molar-refractivity contribution in [3.05, 3.63) is 35.6 Å². The predicted octanol–water partition coefficient (Wildman–Crippen LogP) is 2.77. The number of hydrogen-bond acceptors (Lipinski definition) is 5. The third-order valence-electron chi connectivity index (χ3n) is 3.35. The average Bonchev–Trinajstić information content (AvgIpc) is 3.01. The van der Waals surface area contributed by atoms with Gasteiger partial charge in [-0.05, 0) is 19.9 Å². The van der Waals surface area contributed by atoms with E-state index in [1.807, 2.05) is 31.2 Å². The number of rotatable bonds is 3. The summed E-state index contributed by atoms with van der Waals surface area (Å²) < 4.78 is 16.3. The summed E-state index contributed by atoms with van der Waals surface area (Å²) in [5.41, 5.74) is 1.63.